The molecule has 1 aromatic rings. The molecule has 0 fully saturated rings. The minimum absolute atomic E-state index is 0.0125. The molecule has 19 heavy (non-hydrogen) atoms. The number of benzene rings is 1. The summed E-state index contributed by atoms with van der Waals surface area (Å²) in [4.78, 5) is 10.1. The summed E-state index contributed by atoms with van der Waals surface area (Å²) in [6.45, 7) is 1.44. The molecule has 1 aliphatic heterocycles. The molecule has 0 radical (unpaired) electrons. The van der Waals surface area contributed by atoms with Crippen molar-refractivity contribution in [3.63, 3.8) is 0 Å². The Hall–Kier alpha value is -1.66. The molecule has 7 heteroatoms. The molecule has 0 spiro atoms. The molecule has 0 atom stereocenters. The topological polar surface area (TPSA) is 77.3 Å². The molecular weight excluding hydrogens is 290 g/mol. The Morgan fingerprint density at radius 1 is 1.42 bits per heavy atom. The van der Waals surface area contributed by atoms with Crippen LogP contribution in [0.4, 0.5) is 0 Å². The summed E-state index contributed by atoms with van der Waals surface area (Å²) in [6, 6.07) is 6.63. The van der Waals surface area contributed by atoms with Crippen LogP contribution in [0.15, 0.2) is 40.4 Å². The maximum atomic E-state index is 11.9. The van der Waals surface area contributed by atoms with Crippen molar-refractivity contribution < 1.29 is 13.3 Å². The number of allylic oxidation sites excluding steroid dienone is 1. The summed E-state index contributed by atoms with van der Waals surface area (Å²) in [5.41, 5.74) is 0.508. The van der Waals surface area contributed by atoms with Gasteiger partial charge in [-0.2, -0.15) is 0 Å². The highest BCUT2D eigenvalue weighted by Crippen LogP contribution is 2.32. The Morgan fingerprint density at radius 3 is 2.63 bits per heavy atom. The van der Waals surface area contributed by atoms with E-state index in [1.807, 2.05) is 0 Å². The normalized spacial score (nSPS) is 20.0. The van der Waals surface area contributed by atoms with Crippen LogP contribution in [0, 0.1) is 10.1 Å². The molecule has 0 N–H and O–H groups in total. The van der Waals surface area contributed by atoms with E-state index in [9.17, 15) is 18.5 Å². The Kier molecular flexibility index (Phi) is 3.47. The van der Waals surface area contributed by atoms with Gasteiger partial charge in [-0.3, -0.25) is 10.1 Å². The van der Waals surface area contributed by atoms with Crippen molar-refractivity contribution in [1.29, 1.82) is 0 Å². The van der Waals surface area contributed by atoms with Gasteiger partial charge < -0.3 is 0 Å². The van der Waals surface area contributed by atoms with E-state index in [1.165, 1.54) is 13.0 Å². The molecule has 1 heterocycles. The smallest absolute Gasteiger partial charge is 0.259 e. The summed E-state index contributed by atoms with van der Waals surface area (Å²) in [7, 11) is -3.64. The third-order valence-electron chi connectivity index (χ3n) is 2.83. The second-order valence-electron chi connectivity index (χ2n) is 4.15. The molecule has 1 aliphatic rings. The maximum absolute atomic E-state index is 11.9. The average molecular weight is 300 g/mol. The van der Waals surface area contributed by atoms with Crippen LogP contribution in [0.1, 0.15) is 12.5 Å². The van der Waals surface area contributed by atoms with Crippen molar-refractivity contribution in [2.75, 3.05) is 5.75 Å². The molecule has 0 bridgehead atoms. The van der Waals surface area contributed by atoms with Gasteiger partial charge in [0.25, 0.3) is 5.70 Å². The summed E-state index contributed by atoms with van der Waals surface area (Å²) in [6.07, 6.45) is 1.41. The highest BCUT2D eigenvalue weighted by atomic mass is 35.5. The third-order valence-corrected chi connectivity index (χ3v) is 4.81. The van der Waals surface area contributed by atoms with Crippen LogP contribution in [-0.4, -0.2) is 19.1 Å². The van der Waals surface area contributed by atoms with Gasteiger partial charge in [-0.25, -0.2) is 8.42 Å². The van der Waals surface area contributed by atoms with Crippen molar-refractivity contribution in [2.24, 2.45) is 0 Å². The molecule has 2 rings (SSSR count). The minimum Gasteiger partial charge on any atom is -0.259 e. The van der Waals surface area contributed by atoms with Gasteiger partial charge in [0.1, 0.15) is 5.75 Å². The molecule has 0 aliphatic carbocycles. The molecule has 1 aromatic carbocycles. The molecule has 100 valence electrons. The number of hydrogen-bond donors (Lipinski definition) is 0. The second kappa shape index (κ2) is 4.79. The van der Waals surface area contributed by atoms with Crippen LogP contribution in [0.2, 0.25) is 5.02 Å². The van der Waals surface area contributed by atoms with Gasteiger partial charge in [0, 0.05) is 10.6 Å². The van der Waals surface area contributed by atoms with Crippen LogP contribution >= 0.6 is 11.6 Å². The molecule has 0 amide bonds. The number of hydrogen-bond acceptors (Lipinski definition) is 4. The molecular formula is C12H10ClNO4S. The van der Waals surface area contributed by atoms with Crippen molar-refractivity contribution in [3.8, 4) is 0 Å². The van der Waals surface area contributed by atoms with E-state index in [2.05, 4.69) is 0 Å². The molecule has 0 saturated carbocycles. The van der Waals surface area contributed by atoms with E-state index in [0.29, 0.717) is 10.6 Å². The lowest BCUT2D eigenvalue weighted by Gasteiger charge is -2.00. The number of nitrogens with zero attached hydrogens (tertiary/aromatic N) is 1. The number of rotatable bonds is 2. The van der Waals surface area contributed by atoms with Crippen LogP contribution in [0.3, 0.4) is 0 Å². The van der Waals surface area contributed by atoms with Crippen molar-refractivity contribution >= 4 is 27.5 Å². The van der Waals surface area contributed by atoms with Crippen molar-refractivity contribution in [2.45, 2.75) is 6.92 Å². The van der Waals surface area contributed by atoms with E-state index >= 15 is 0 Å². The first-order chi connectivity index (χ1) is 8.81. The zero-order valence-electron chi connectivity index (χ0n) is 9.96. The minimum atomic E-state index is -3.64. The van der Waals surface area contributed by atoms with Crippen molar-refractivity contribution in [3.05, 3.63) is 61.1 Å². The first-order valence-electron chi connectivity index (χ1n) is 5.36. The Bertz CT molecular complexity index is 719. The summed E-state index contributed by atoms with van der Waals surface area (Å²) in [5, 5.41) is 11.3. The van der Waals surface area contributed by atoms with E-state index in [1.54, 1.807) is 24.3 Å². The largest absolute Gasteiger partial charge is 0.265 e. The van der Waals surface area contributed by atoms with Crippen LogP contribution in [0.5, 0.6) is 0 Å². The van der Waals surface area contributed by atoms with Crippen LogP contribution in [-0.2, 0) is 9.84 Å². The lowest BCUT2D eigenvalue weighted by Crippen LogP contribution is -2.06. The molecule has 5 nitrogen and oxygen atoms in total. The molecule has 0 saturated heterocycles. The fourth-order valence-electron chi connectivity index (χ4n) is 1.88. The zero-order valence-corrected chi connectivity index (χ0v) is 11.5. The van der Waals surface area contributed by atoms with Gasteiger partial charge in [0.05, 0.1) is 9.83 Å². The fourth-order valence-corrected chi connectivity index (χ4v) is 3.81. The van der Waals surface area contributed by atoms with Gasteiger partial charge >= 0.3 is 0 Å². The highest BCUT2D eigenvalue weighted by Gasteiger charge is 2.38. The van der Waals surface area contributed by atoms with Crippen LogP contribution < -0.4 is 0 Å². The summed E-state index contributed by atoms with van der Waals surface area (Å²) < 4.78 is 23.9. The maximum Gasteiger partial charge on any atom is 0.265 e. The van der Waals surface area contributed by atoms with Gasteiger partial charge in [-0.1, -0.05) is 23.7 Å². The number of halogens is 1. The monoisotopic (exact) mass is 299 g/mol. The number of sulfone groups is 1. The number of nitro groups is 1. The Balaban J connectivity index is 2.57. The fraction of sp³-hybridized carbons (Fsp3) is 0.167. The van der Waals surface area contributed by atoms with E-state index in [4.69, 9.17) is 11.6 Å². The Labute approximate surface area is 115 Å². The summed E-state index contributed by atoms with van der Waals surface area (Å²) in [5.74, 6) is -0.557. The van der Waals surface area contributed by atoms with E-state index in [-0.39, 0.29) is 16.2 Å². The lowest BCUT2D eigenvalue weighted by atomic mass is 10.1. The first-order valence-corrected chi connectivity index (χ1v) is 7.39. The van der Waals surface area contributed by atoms with Gasteiger partial charge in [0.15, 0.2) is 9.84 Å². The summed E-state index contributed by atoms with van der Waals surface area (Å²) >= 11 is 5.82. The quantitative estimate of drug-likeness (QED) is 0.621. The van der Waals surface area contributed by atoms with Crippen molar-refractivity contribution in [1.82, 2.24) is 0 Å². The predicted octanol–water partition coefficient (Wildman–Crippen LogP) is 2.66. The molecule has 0 unspecified atom stereocenters. The van der Waals surface area contributed by atoms with Crippen LogP contribution in [0.25, 0.3) is 6.08 Å². The van der Waals surface area contributed by atoms with Gasteiger partial charge in [-0.15, -0.1) is 0 Å². The van der Waals surface area contributed by atoms with Gasteiger partial charge in [0.2, 0.25) is 0 Å². The van der Waals surface area contributed by atoms with Gasteiger partial charge in [-0.05, 0) is 30.7 Å². The predicted molar refractivity (Wildman–Crippen MR) is 72.9 cm³/mol. The first kappa shape index (κ1) is 13.8. The third kappa shape index (κ3) is 2.69. The SMILES string of the molecule is CC1=C([N+](=O)[O-])CS(=O)(=O)C1=Cc1cccc(Cl)c1. The standard InChI is InChI=1S/C12H10ClNO4S/c1-8-11(14(15)16)7-19(17,18)12(8)6-9-3-2-4-10(13)5-9/h2-6H,7H2,1H3. The Morgan fingerprint density at radius 2 is 2.11 bits per heavy atom. The van der Waals surface area contributed by atoms with E-state index < -0.39 is 20.5 Å². The lowest BCUT2D eigenvalue weighted by molar-refractivity contribution is -0.424. The highest BCUT2D eigenvalue weighted by molar-refractivity contribution is 7.96. The van der Waals surface area contributed by atoms with E-state index in [0.717, 1.165) is 0 Å². The zero-order chi connectivity index (χ0) is 14.2. The average Bonchev–Trinajstić information content (AvgIpc) is 2.53. The second-order valence-corrected chi connectivity index (χ2v) is 6.55. The molecule has 0 aromatic heterocycles.